The topological polar surface area (TPSA) is 113 Å². The Bertz CT molecular complexity index is 422. The number of carboxylic acids is 2. The number of ether oxygens (including phenoxy) is 1. The monoisotopic (exact) mass is 275 g/mol. The van der Waals surface area contributed by atoms with Crippen LogP contribution in [0.15, 0.2) is 0 Å². The SMILES string of the molecule is COCc1nnc(N(CCC(=O)O)CC(=O)O)s1. The molecule has 0 radical (unpaired) electrons. The normalized spacial score (nSPS) is 10.3. The minimum Gasteiger partial charge on any atom is -0.481 e. The van der Waals surface area contributed by atoms with E-state index in [4.69, 9.17) is 14.9 Å². The average molecular weight is 275 g/mol. The van der Waals surface area contributed by atoms with Crippen LogP contribution in [0.1, 0.15) is 11.4 Å². The number of carbonyl (C=O) groups is 2. The van der Waals surface area contributed by atoms with Crippen LogP contribution in [0, 0.1) is 0 Å². The van der Waals surface area contributed by atoms with Crippen molar-refractivity contribution in [1.29, 1.82) is 0 Å². The van der Waals surface area contributed by atoms with Gasteiger partial charge in [0.05, 0.1) is 6.42 Å². The molecular formula is C9H13N3O5S. The molecule has 0 saturated heterocycles. The lowest BCUT2D eigenvalue weighted by molar-refractivity contribution is -0.138. The van der Waals surface area contributed by atoms with Gasteiger partial charge in [0.1, 0.15) is 18.2 Å². The van der Waals surface area contributed by atoms with Crippen molar-refractivity contribution in [3.8, 4) is 0 Å². The third-order valence-corrected chi connectivity index (χ3v) is 2.87. The molecule has 0 aliphatic carbocycles. The third-order valence-electron chi connectivity index (χ3n) is 1.92. The molecule has 2 N–H and O–H groups in total. The first-order chi connectivity index (χ1) is 8.52. The molecule has 0 bridgehead atoms. The predicted molar refractivity (Wildman–Crippen MR) is 62.7 cm³/mol. The Morgan fingerprint density at radius 2 is 2.06 bits per heavy atom. The lowest BCUT2D eigenvalue weighted by atomic mass is 10.4. The first-order valence-corrected chi connectivity index (χ1v) is 5.84. The molecule has 0 aromatic carbocycles. The van der Waals surface area contributed by atoms with Crippen LogP contribution in [0.4, 0.5) is 5.13 Å². The van der Waals surface area contributed by atoms with Gasteiger partial charge in [0.25, 0.3) is 0 Å². The van der Waals surface area contributed by atoms with E-state index >= 15 is 0 Å². The Hall–Kier alpha value is -1.74. The van der Waals surface area contributed by atoms with Gasteiger partial charge in [-0.25, -0.2) is 0 Å². The number of anilines is 1. The summed E-state index contributed by atoms with van der Waals surface area (Å²) in [5.74, 6) is -2.05. The van der Waals surface area contributed by atoms with Gasteiger partial charge in [0.15, 0.2) is 0 Å². The maximum absolute atomic E-state index is 10.7. The van der Waals surface area contributed by atoms with E-state index in [1.54, 1.807) is 0 Å². The smallest absolute Gasteiger partial charge is 0.323 e. The van der Waals surface area contributed by atoms with Gasteiger partial charge in [-0.05, 0) is 0 Å². The highest BCUT2D eigenvalue weighted by Gasteiger charge is 2.16. The van der Waals surface area contributed by atoms with E-state index in [1.165, 1.54) is 23.3 Å². The number of hydrogen-bond acceptors (Lipinski definition) is 7. The molecule has 0 amide bonds. The predicted octanol–water partition coefficient (Wildman–Crippen LogP) is 0.0502. The zero-order valence-corrected chi connectivity index (χ0v) is 10.5. The standard InChI is InChI=1S/C9H13N3O5S/c1-17-5-6-10-11-9(18-6)12(4-8(15)16)3-2-7(13)14/h2-5H2,1H3,(H,13,14)(H,15,16). The van der Waals surface area contributed by atoms with E-state index in [-0.39, 0.29) is 26.1 Å². The minimum absolute atomic E-state index is 0.0727. The molecule has 0 fully saturated rings. The van der Waals surface area contributed by atoms with Gasteiger partial charge in [-0.3, -0.25) is 9.59 Å². The second-order valence-corrected chi connectivity index (χ2v) is 4.41. The van der Waals surface area contributed by atoms with Crippen molar-refractivity contribution in [2.24, 2.45) is 0 Å². The van der Waals surface area contributed by atoms with Crippen LogP contribution >= 0.6 is 11.3 Å². The van der Waals surface area contributed by atoms with Crippen molar-refractivity contribution in [3.05, 3.63) is 5.01 Å². The molecule has 0 atom stereocenters. The van der Waals surface area contributed by atoms with E-state index in [2.05, 4.69) is 10.2 Å². The van der Waals surface area contributed by atoms with Crippen molar-refractivity contribution in [2.45, 2.75) is 13.0 Å². The van der Waals surface area contributed by atoms with Gasteiger partial charge in [0, 0.05) is 13.7 Å². The molecular weight excluding hydrogens is 262 g/mol. The molecule has 0 unspecified atom stereocenters. The van der Waals surface area contributed by atoms with Gasteiger partial charge in [0.2, 0.25) is 5.13 Å². The second kappa shape index (κ2) is 6.87. The van der Waals surface area contributed by atoms with Crippen LogP contribution in [-0.4, -0.2) is 52.5 Å². The lowest BCUT2D eigenvalue weighted by Crippen LogP contribution is -2.31. The Balaban J connectivity index is 2.72. The number of hydrogen-bond donors (Lipinski definition) is 2. The number of rotatable bonds is 8. The van der Waals surface area contributed by atoms with E-state index in [1.807, 2.05) is 0 Å². The minimum atomic E-state index is -1.05. The first-order valence-electron chi connectivity index (χ1n) is 5.02. The molecule has 1 rings (SSSR count). The van der Waals surface area contributed by atoms with Crippen molar-refractivity contribution >= 4 is 28.4 Å². The summed E-state index contributed by atoms with van der Waals surface area (Å²) >= 11 is 1.18. The fourth-order valence-electron chi connectivity index (χ4n) is 1.19. The highest BCUT2D eigenvalue weighted by atomic mass is 32.1. The van der Waals surface area contributed by atoms with Gasteiger partial charge in [-0.2, -0.15) is 0 Å². The van der Waals surface area contributed by atoms with Gasteiger partial charge in [-0.15, -0.1) is 10.2 Å². The van der Waals surface area contributed by atoms with E-state index in [0.29, 0.717) is 10.1 Å². The van der Waals surface area contributed by atoms with Crippen molar-refractivity contribution in [3.63, 3.8) is 0 Å². The van der Waals surface area contributed by atoms with E-state index < -0.39 is 11.9 Å². The van der Waals surface area contributed by atoms with Crippen LogP contribution in [-0.2, 0) is 20.9 Å². The molecule has 1 aromatic rings. The fraction of sp³-hybridized carbons (Fsp3) is 0.556. The van der Waals surface area contributed by atoms with Crippen molar-refractivity contribution in [1.82, 2.24) is 10.2 Å². The Labute approximate surface area is 107 Å². The van der Waals surface area contributed by atoms with Crippen LogP contribution in [0.25, 0.3) is 0 Å². The Morgan fingerprint density at radius 3 is 2.61 bits per heavy atom. The third kappa shape index (κ3) is 4.63. The molecule has 1 heterocycles. The van der Waals surface area contributed by atoms with Gasteiger partial charge >= 0.3 is 11.9 Å². The summed E-state index contributed by atoms with van der Waals surface area (Å²) in [5, 5.41) is 26.0. The summed E-state index contributed by atoms with van der Waals surface area (Å²) in [6, 6.07) is 0. The lowest BCUT2D eigenvalue weighted by Gasteiger charge is -2.17. The molecule has 18 heavy (non-hydrogen) atoms. The maximum atomic E-state index is 10.7. The van der Waals surface area contributed by atoms with Crippen LogP contribution in [0.2, 0.25) is 0 Å². The number of nitrogens with zero attached hydrogens (tertiary/aromatic N) is 3. The largest absolute Gasteiger partial charge is 0.481 e. The van der Waals surface area contributed by atoms with Crippen molar-refractivity contribution in [2.75, 3.05) is 25.1 Å². The van der Waals surface area contributed by atoms with E-state index in [9.17, 15) is 9.59 Å². The van der Waals surface area contributed by atoms with E-state index in [0.717, 1.165) is 0 Å². The summed E-state index contributed by atoms with van der Waals surface area (Å²) in [6.45, 7) is 0.0512. The summed E-state index contributed by atoms with van der Waals surface area (Å²) < 4.78 is 4.88. The molecule has 9 heteroatoms. The molecule has 1 aromatic heterocycles. The number of aromatic nitrogens is 2. The number of aliphatic carboxylic acids is 2. The summed E-state index contributed by atoms with van der Waals surface area (Å²) in [7, 11) is 1.51. The molecule has 0 aliphatic rings. The van der Waals surface area contributed by atoms with Crippen LogP contribution < -0.4 is 4.90 Å². The molecule has 0 spiro atoms. The molecule has 0 aliphatic heterocycles. The van der Waals surface area contributed by atoms with Crippen LogP contribution in [0.5, 0.6) is 0 Å². The zero-order valence-electron chi connectivity index (χ0n) is 9.70. The molecule has 0 saturated carbocycles. The second-order valence-electron chi connectivity index (χ2n) is 3.37. The highest BCUT2D eigenvalue weighted by molar-refractivity contribution is 7.15. The summed E-state index contributed by atoms with van der Waals surface area (Å²) in [4.78, 5) is 22.6. The number of carboxylic acid groups (broad SMARTS) is 2. The maximum Gasteiger partial charge on any atom is 0.323 e. The highest BCUT2D eigenvalue weighted by Crippen LogP contribution is 2.20. The molecule has 100 valence electrons. The van der Waals surface area contributed by atoms with Gasteiger partial charge in [-0.1, -0.05) is 11.3 Å². The Morgan fingerprint density at radius 1 is 1.33 bits per heavy atom. The quantitative estimate of drug-likeness (QED) is 0.684. The molecule has 8 nitrogen and oxygen atoms in total. The fourth-order valence-corrected chi connectivity index (χ4v) is 2.03. The Kier molecular flexibility index (Phi) is 5.46. The summed E-state index contributed by atoms with van der Waals surface area (Å²) in [5.41, 5.74) is 0. The zero-order chi connectivity index (χ0) is 13.5. The van der Waals surface area contributed by atoms with Gasteiger partial charge < -0.3 is 19.8 Å². The van der Waals surface area contributed by atoms with Crippen LogP contribution in [0.3, 0.4) is 0 Å². The van der Waals surface area contributed by atoms with Crippen molar-refractivity contribution < 1.29 is 24.5 Å². The average Bonchev–Trinajstić information content (AvgIpc) is 2.72. The summed E-state index contributed by atoms with van der Waals surface area (Å²) in [6.07, 6.45) is -0.160. The first kappa shape index (κ1) is 14.3. The number of methoxy groups -OCH3 is 1.